The third-order valence-electron chi connectivity index (χ3n) is 5.23. The lowest BCUT2D eigenvalue weighted by molar-refractivity contribution is -0.143. The number of amides is 2. The van der Waals surface area contributed by atoms with Crippen molar-refractivity contribution in [2.45, 2.75) is 38.3 Å². The van der Waals surface area contributed by atoms with Gasteiger partial charge in [-0.2, -0.15) is 5.10 Å². The molecule has 0 radical (unpaired) electrons. The summed E-state index contributed by atoms with van der Waals surface area (Å²) < 4.78 is 5.47. The zero-order valence-electron chi connectivity index (χ0n) is 14.6. The predicted molar refractivity (Wildman–Crippen MR) is 94.0 cm³/mol. The van der Waals surface area contributed by atoms with Gasteiger partial charge in [-0.05, 0) is 37.8 Å². The predicted octanol–water partition coefficient (Wildman–Crippen LogP) is 0.992. The van der Waals surface area contributed by atoms with Gasteiger partial charge >= 0.3 is 0 Å². The van der Waals surface area contributed by atoms with Crippen molar-refractivity contribution in [1.29, 1.82) is 0 Å². The normalized spacial score (nSPS) is 21.2. The van der Waals surface area contributed by atoms with E-state index in [4.69, 9.17) is 4.74 Å². The molecule has 2 saturated heterocycles. The van der Waals surface area contributed by atoms with Crippen molar-refractivity contribution in [1.82, 2.24) is 25.4 Å². The van der Waals surface area contributed by atoms with Crippen LogP contribution in [0.25, 0.3) is 11.0 Å². The van der Waals surface area contributed by atoms with Crippen molar-refractivity contribution in [3.63, 3.8) is 0 Å². The van der Waals surface area contributed by atoms with Gasteiger partial charge in [-0.15, -0.1) is 0 Å². The Morgan fingerprint density at radius 3 is 2.92 bits per heavy atom. The molecule has 138 valence electrons. The van der Waals surface area contributed by atoms with Crippen LogP contribution in [0.3, 0.4) is 0 Å². The molecule has 2 aromatic rings. The van der Waals surface area contributed by atoms with Gasteiger partial charge in [0.05, 0.1) is 12.2 Å². The Labute approximate surface area is 151 Å². The molecule has 2 aromatic heterocycles. The summed E-state index contributed by atoms with van der Waals surface area (Å²) in [4.78, 5) is 30.9. The zero-order chi connectivity index (χ0) is 17.9. The van der Waals surface area contributed by atoms with Gasteiger partial charge in [0.25, 0.3) is 5.91 Å². The third kappa shape index (κ3) is 3.41. The minimum absolute atomic E-state index is 0.0286. The first-order valence-electron chi connectivity index (χ1n) is 9.18. The lowest BCUT2D eigenvalue weighted by Crippen LogP contribution is -2.46. The molecule has 0 bridgehead atoms. The van der Waals surface area contributed by atoms with E-state index in [1.54, 1.807) is 6.20 Å². The monoisotopic (exact) mass is 357 g/mol. The molecule has 4 heterocycles. The number of carbonyl (C=O) groups is 2. The van der Waals surface area contributed by atoms with Gasteiger partial charge in [0.2, 0.25) is 5.91 Å². The minimum Gasteiger partial charge on any atom is -0.368 e. The molecule has 0 spiro atoms. The second-order valence-corrected chi connectivity index (χ2v) is 6.90. The Kier molecular flexibility index (Phi) is 4.83. The summed E-state index contributed by atoms with van der Waals surface area (Å²) in [6, 6.07) is 3.78. The molecule has 26 heavy (non-hydrogen) atoms. The Morgan fingerprint density at radius 1 is 1.31 bits per heavy atom. The Hall–Kier alpha value is -2.48. The number of piperidine rings is 1. The van der Waals surface area contributed by atoms with Crippen LogP contribution >= 0.6 is 0 Å². The van der Waals surface area contributed by atoms with Crippen molar-refractivity contribution < 1.29 is 14.3 Å². The highest BCUT2D eigenvalue weighted by molar-refractivity contribution is 5.83. The summed E-state index contributed by atoms with van der Waals surface area (Å²) >= 11 is 0. The maximum absolute atomic E-state index is 12.5. The number of nitrogens with one attached hydrogen (secondary N) is 2. The fourth-order valence-electron chi connectivity index (χ4n) is 3.69. The summed E-state index contributed by atoms with van der Waals surface area (Å²) in [6.45, 7) is 2.31. The second-order valence-electron chi connectivity index (χ2n) is 6.90. The number of carbonyl (C=O) groups excluding carboxylic acids is 2. The summed E-state index contributed by atoms with van der Waals surface area (Å²) in [7, 11) is 0. The maximum Gasteiger partial charge on any atom is 0.251 e. The number of nitrogens with zero attached hydrogens (tertiary/aromatic N) is 3. The molecule has 1 atom stereocenters. The molecule has 8 heteroatoms. The second kappa shape index (κ2) is 7.41. The highest BCUT2D eigenvalue weighted by Gasteiger charge is 2.32. The van der Waals surface area contributed by atoms with Crippen molar-refractivity contribution >= 4 is 22.8 Å². The van der Waals surface area contributed by atoms with Crippen LogP contribution in [-0.4, -0.2) is 57.7 Å². The number of ether oxygens (including phenoxy) is 1. The summed E-state index contributed by atoms with van der Waals surface area (Å²) in [6.07, 6.45) is 4.56. The van der Waals surface area contributed by atoms with Crippen LogP contribution in [0.2, 0.25) is 0 Å². The van der Waals surface area contributed by atoms with Gasteiger partial charge < -0.3 is 15.0 Å². The average molecular weight is 357 g/mol. The quantitative estimate of drug-likeness (QED) is 0.850. The van der Waals surface area contributed by atoms with Crippen LogP contribution < -0.4 is 5.32 Å². The molecule has 0 saturated carbocycles. The summed E-state index contributed by atoms with van der Waals surface area (Å²) in [5, 5.41) is 11.0. The number of hydrogen-bond acceptors (Lipinski definition) is 5. The molecule has 1 unspecified atom stereocenters. The number of H-pyrrole nitrogens is 1. The van der Waals surface area contributed by atoms with Gasteiger partial charge in [0, 0.05) is 37.2 Å². The molecule has 2 N–H and O–H groups in total. The molecule has 2 aliphatic heterocycles. The lowest BCUT2D eigenvalue weighted by atomic mass is 9.95. The number of hydrogen-bond donors (Lipinski definition) is 2. The van der Waals surface area contributed by atoms with E-state index in [1.807, 2.05) is 17.0 Å². The van der Waals surface area contributed by atoms with Gasteiger partial charge in [-0.1, -0.05) is 0 Å². The van der Waals surface area contributed by atoms with Crippen LogP contribution in [0.1, 0.15) is 31.4 Å². The summed E-state index contributed by atoms with van der Waals surface area (Å²) in [5.74, 6) is 0.0505. The first-order valence-corrected chi connectivity index (χ1v) is 9.18. The first-order chi connectivity index (χ1) is 12.7. The minimum atomic E-state index is -0.275. The average Bonchev–Trinajstić information content (AvgIpc) is 3.36. The number of rotatable bonds is 4. The molecule has 4 rings (SSSR count). The number of aromatic amines is 1. The van der Waals surface area contributed by atoms with E-state index in [1.165, 1.54) is 0 Å². The van der Waals surface area contributed by atoms with Crippen LogP contribution in [0.15, 0.2) is 18.3 Å². The van der Waals surface area contributed by atoms with Crippen molar-refractivity contribution in [2.24, 2.45) is 5.92 Å². The van der Waals surface area contributed by atoms with Crippen molar-refractivity contribution in [3.8, 4) is 0 Å². The van der Waals surface area contributed by atoms with Gasteiger partial charge in [-0.25, -0.2) is 4.98 Å². The fourth-order valence-corrected chi connectivity index (χ4v) is 3.69. The van der Waals surface area contributed by atoms with Gasteiger partial charge in [-0.3, -0.25) is 14.7 Å². The van der Waals surface area contributed by atoms with E-state index in [-0.39, 0.29) is 23.8 Å². The Bertz CT molecular complexity index is 791. The standard InChI is InChI=1S/C18H23N5O3/c24-17(20-11-14-13-3-1-7-19-16(13)22-21-14)12-5-8-23(9-6-12)18(25)15-4-2-10-26-15/h1,3,7,12,15H,2,4-6,8-11H2,(H,20,24)(H,19,21,22). The van der Waals surface area contributed by atoms with Gasteiger partial charge in [0.15, 0.2) is 5.65 Å². The van der Waals surface area contributed by atoms with E-state index in [0.29, 0.717) is 44.7 Å². The largest absolute Gasteiger partial charge is 0.368 e. The number of aromatic nitrogens is 3. The van der Waals surface area contributed by atoms with E-state index in [0.717, 1.165) is 23.9 Å². The van der Waals surface area contributed by atoms with E-state index < -0.39 is 0 Å². The van der Waals surface area contributed by atoms with Crippen molar-refractivity contribution in [3.05, 3.63) is 24.0 Å². The van der Waals surface area contributed by atoms with E-state index in [9.17, 15) is 9.59 Å². The smallest absolute Gasteiger partial charge is 0.251 e. The van der Waals surface area contributed by atoms with E-state index in [2.05, 4.69) is 20.5 Å². The summed E-state index contributed by atoms with van der Waals surface area (Å²) in [5.41, 5.74) is 1.50. The molecule has 2 aliphatic rings. The lowest BCUT2D eigenvalue weighted by Gasteiger charge is -2.32. The molecular weight excluding hydrogens is 334 g/mol. The van der Waals surface area contributed by atoms with Crippen LogP contribution in [0, 0.1) is 5.92 Å². The van der Waals surface area contributed by atoms with Crippen molar-refractivity contribution in [2.75, 3.05) is 19.7 Å². The number of pyridine rings is 1. The Balaban J connectivity index is 1.27. The van der Waals surface area contributed by atoms with Crippen LogP contribution in [0.5, 0.6) is 0 Å². The SMILES string of the molecule is O=C(NCc1[nH]nc2ncccc12)C1CCN(C(=O)C2CCCO2)CC1. The Morgan fingerprint density at radius 2 is 2.15 bits per heavy atom. The van der Waals surface area contributed by atoms with Gasteiger partial charge in [0.1, 0.15) is 6.10 Å². The molecule has 2 fully saturated rings. The fraction of sp³-hybridized carbons (Fsp3) is 0.556. The van der Waals surface area contributed by atoms with Crippen LogP contribution in [-0.2, 0) is 20.9 Å². The highest BCUT2D eigenvalue weighted by Crippen LogP contribution is 2.22. The van der Waals surface area contributed by atoms with E-state index >= 15 is 0 Å². The molecule has 0 aliphatic carbocycles. The maximum atomic E-state index is 12.5. The third-order valence-corrected chi connectivity index (χ3v) is 5.23. The number of fused-ring (bicyclic) bond motifs is 1. The molecular formula is C18H23N5O3. The first kappa shape index (κ1) is 17.0. The molecule has 8 nitrogen and oxygen atoms in total. The zero-order valence-corrected chi connectivity index (χ0v) is 14.6. The highest BCUT2D eigenvalue weighted by atomic mass is 16.5. The topological polar surface area (TPSA) is 100 Å². The molecule has 2 amide bonds. The molecule has 0 aromatic carbocycles. The number of likely N-dealkylation sites (tertiary alicyclic amines) is 1. The van der Waals surface area contributed by atoms with Crippen LogP contribution in [0.4, 0.5) is 0 Å².